The van der Waals surface area contributed by atoms with Gasteiger partial charge in [0.1, 0.15) is 0 Å². The molecule has 1 amide bonds. The average molecular weight is 495 g/mol. The van der Waals surface area contributed by atoms with Gasteiger partial charge in [-0.2, -0.15) is 0 Å². The Morgan fingerprint density at radius 2 is 1.93 bits per heavy atom. The van der Waals surface area contributed by atoms with Crippen LogP contribution in [0.2, 0.25) is 0 Å². The van der Waals surface area contributed by atoms with Crippen molar-refractivity contribution < 1.29 is 13.2 Å². The van der Waals surface area contributed by atoms with Crippen molar-refractivity contribution in [1.29, 1.82) is 0 Å². The van der Waals surface area contributed by atoms with E-state index in [1.807, 2.05) is 35.0 Å². The number of carbonyl (C=O) groups excluding carboxylic acids is 1. The second-order valence-corrected chi connectivity index (χ2v) is 9.79. The first kappa shape index (κ1) is 21.6. The summed E-state index contributed by atoms with van der Waals surface area (Å²) >= 11 is 4.71. The van der Waals surface area contributed by atoms with Crippen molar-refractivity contribution in [3.63, 3.8) is 0 Å². The summed E-state index contributed by atoms with van der Waals surface area (Å²) in [7, 11) is -2.25. The van der Waals surface area contributed by atoms with E-state index in [-0.39, 0.29) is 16.6 Å². The molecule has 29 heavy (non-hydrogen) atoms. The SMILES string of the molecule is CNS(=O)(=O)c1cc(NC(=O)CSc2nccn2-c2ccc(Br)cc2)ccc1C. The third-order valence-corrected chi connectivity index (χ3v) is 7.13. The molecule has 1 aromatic heterocycles. The zero-order chi connectivity index (χ0) is 21.0. The summed E-state index contributed by atoms with van der Waals surface area (Å²) in [6.45, 7) is 1.70. The number of aromatic nitrogens is 2. The highest BCUT2D eigenvalue weighted by Gasteiger charge is 2.16. The van der Waals surface area contributed by atoms with Gasteiger partial charge in [-0.25, -0.2) is 18.1 Å². The lowest BCUT2D eigenvalue weighted by molar-refractivity contribution is -0.113. The highest BCUT2D eigenvalue weighted by Crippen LogP contribution is 2.23. The monoisotopic (exact) mass is 494 g/mol. The smallest absolute Gasteiger partial charge is 0.240 e. The zero-order valence-corrected chi connectivity index (χ0v) is 18.9. The number of imidazole rings is 1. The van der Waals surface area contributed by atoms with E-state index in [0.717, 1.165) is 10.2 Å². The molecule has 0 radical (unpaired) electrons. The fourth-order valence-electron chi connectivity index (χ4n) is 2.60. The molecule has 152 valence electrons. The molecule has 2 aromatic carbocycles. The summed E-state index contributed by atoms with van der Waals surface area (Å²) < 4.78 is 29.3. The van der Waals surface area contributed by atoms with Crippen molar-refractivity contribution in [2.45, 2.75) is 17.0 Å². The largest absolute Gasteiger partial charge is 0.325 e. The molecule has 0 unspecified atom stereocenters. The molecule has 0 fully saturated rings. The topological polar surface area (TPSA) is 93.1 Å². The second-order valence-electron chi connectivity index (χ2n) is 6.08. The summed E-state index contributed by atoms with van der Waals surface area (Å²) in [5.74, 6) is -0.118. The van der Waals surface area contributed by atoms with Gasteiger partial charge in [0.25, 0.3) is 0 Å². The van der Waals surface area contributed by atoms with Crippen LogP contribution in [0.15, 0.2) is 69.4 Å². The predicted octanol–water partition coefficient (Wildman–Crippen LogP) is 3.58. The summed E-state index contributed by atoms with van der Waals surface area (Å²) in [6, 6.07) is 12.6. The molecule has 1 heterocycles. The first-order valence-electron chi connectivity index (χ1n) is 8.56. The average Bonchev–Trinajstić information content (AvgIpc) is 3.17. The first-order chi connectivity index (χ1) is 13.8. The van der Waals surface area contributed by atoms with Gasteiger partial charge in [0.05, 0.1) is 10.6 Å². The number of hydrogen-bond acceptors (Lipinski definition) is 5. The fourth-order valence-corrected chi connectivity index (χ4v) is 4.63. The number of carbonyl (C=O) groups is 1. The van der Waals surface area contributed by atoms with E-state index in [0.29, 0.717) is 16.4 Å². The number of anilines is 1. The zero-order valence-electron chi connectivity index (χ0n) is 15.7. The number of halogens is 1. The molecule has 0 aliphatic rings. The quantitative estimate of drug-likeness (QED) is 0.489. The van der Waals surface area contributed by atoms with E-state index >= 15 is 0 Å². The molecule has 0 spiro atoms. The molecule has 3 rings (SSSR count). The Kier molecular flexibility index (Phi) is 6.78. The maximum Gasteiger partial charge on any atom is 0.240 e. The van der Waals surface area contributed by atoms with Gasteiger partial charge >= 0.3 is 0 Å². The summed E-state index contributed by atoms with van der Waals surface area (Å²) in [6.07, 6.45) is 3.51. The molecule has 0 aliphatic carbocycles. The van der Waals surface area contributed by atoms with Crippen LogP contribution in [-0.2, 0) is 14.8 Å². The van der Waals surface area contributed by atoms with Crippen molar-refractivity contribution in [1.82, 2.24) is 14.3 Å². The molecular formula is C19H19BrN4O3S2. The minimum atomic E-state index is -3.60. The Morgan fingerprint density at radius 3 is 2.62 bits per heavy atom. The highest BCUT2D eigenvalue weighted by atomic mass is 79.9. The molecule has 0 saturated heterocycles. The van der Waals surface area contributed by atoms with Crippen LogP contribution in [0.3, 0.4) is 0 Å². The Hall–Kier alpha value is -2.14. The number of thioether (sulfide) groups is 1. The van der Waals surface area contributed by atoms with Gasteiger partial charge in [-0.15, -0.1) is 0 Å². The van der Waals surface area contributed by atoms with Crippen molar-refractivity contribution in [2.24, 2.45) is 0 Å². The van der Waals surface area contributed by atoms with Crippen LogP contribution in [0.25, 0.3) is 5.69 Å². The second kappa shape index (κ2) is 9.12. The minimum absolute atomic E-state index is 0.134. The van der Waals surface area contributed by atoms with Gasteiger partial charge < -0.3 is 5.32 Å². The maximum atomic E-state index is 12.4. The van der Waals surface area contributed by atoms with Gasteiger partial charge in [-0.3, -0.25) is 9.36 Å². The van der Waals surface area contributed by atoms with Crippen LogP contribution in [-0.4, -0.2) is 36.7 Å². The molecule has 7 nitrogen and oxygen atoms in total. The number of benzene rings is 2. The third kappa shape index (κ3) is 5.27. The van der Waals surface area contributed by atoms with Crippen LogP contribution in [0.5, 0.6) is 0 Å². The summed E-state index contributed by atoms with van der Waals surface area (Å²) in [5.41, 5.74) is 1.96. The first-order valence-corrected chi connectivity index (χ1v) is 11.8. The molecule has 2 N–H and O–H groups in total. The number of rotatable bonds is 7. The number of nitrogens with zero attached hydrogens (tertiary/aromatic N) is 2. The van der Waals surface area contributed by atoms with Gasteiger partial charge in [-0.1, -0.05) is 33.8 Å². The fraction of sp³-hybridized carbons (Fsp3) is 0.158. The molecule has 0 aliphatic heterocycles. The number of hydrogen-bond donors (Lipinski definition) is 2. The molecule has 0 bridgehead atoms. The molecule has 0 saturated carbocycles. The Balaban J connectivity index is 1.68. The van der Waals surface area contributed by atoms with Crippen molar-refractivity contribution >= 4 is 49.3 Å². The number of nitrogens with one attached hydrogen (secondary N) is 2. The highest BCUT2D eigenvalue weighted by molar-refractivity contribution is 9.10. The lowest BCUT2D eigenvalue weighted by atomic mass is 10.2. The minimum Gasteiger partial charge on any atom is -0.325 e. The standard InChI is InChI=1S/C19H19BrN4O3S2/c1-13-3-6-15(11-17(13)29(26,27)21-2)23-18(25)12-28-19-22-9-10-24(19)16-7-4-14(20)5-8-16/h3-11,21H,12H2,1-2H3,(H,23,25). The van der Waals surface area contributed by atoms with Gasteiger partial charge in [-0.05, 0) is 55.9 Å². The van der Waals surface area contributed by atoms with E-state index in [4.69, 9.17) is 0 Å². The van der Waals surface area contributed by atoms with Crippen LogP contribution < -0.4 is 10.0 Å². The van der Waals surface area contributed by atoms with Crippen LogP contribution in [0.4, 0.5) is 5.69 Å². The summed E-state index contributed by atoms with van der Waals surface area (Å²) in [4.78, 5) is 16.8. The lowest BCUT2D eigenvalue weighted by Crippen LogP contribution is -2.20. The van der Waals surface area contributed by atoms with E-state index in [1.165, 1.54) is 24.9 Å². The predicted molar refractivity (Wildman–Crippen MR) is 118 cm³/mol. The van der Waals surface area contributed by atoms with E-state index in [1.54, 1.807) is 25.3 Å². The molecule has 10 heteroatoms. The van der Waals surface area contributed by atoms with Crippen molar-refractivity contribution in [2.75, 3.05) is 18.1 Å². The normalized spacial score (nSPS) is 11.4. The number of sulfonamides is 1. The summed E-state index contributed by atoms with van der Waals surface area (Å²) in [5, 5.41) is 3.42. The third-order valence-electron chi connectivity index (χ3n) is 4.07. The number of aryl methyl sites for hydroxylation is 1. The van der Waals surface area contributed by atoms with Gasteiger partial charge in [0.15, 0.2) is 5.16 Å². The Bertz CT molecular complexity index is 1130. The molecule has 0 atom stereocenters. The van der Waals surface area contributed by atoms with Crippen molar-refractivity contribution in [3.05, 3.63) is 64.9 Å². The Morgan fingerprint density at radius 1 is 1.21 bits per heavy atom. The van der Waals surface area contributed by atoms with E-state index in [2.05, 4.69) is 31.0 Å². The van der Waals surface area contributed by atoms with Crippen LogP contribution >= 0.6 is 27.7 Å². The lowest BCUT2D eigenvalue weighted by Gasteiger charge is -2.11. The van der Waals surface area contributed by atoms with Crippen LogP contribution in [0, 0.1) is 6.92 Å². The molecule has 3 aromatic rings. The van der Waals surface area contributed by atoms with E-state index in [9.17, 15) is 13.2 Å². The van der Waals surface area contributed by atoms with Gasteiger partial charge in [0.2, 0.25) is 15.9 Å². The maximum absolute atomic E-state index is 12.4. The molecular weight excluding hydrogens is 476 g/mol. The van der Waals surface area contributed by atoms with Crippen LogP contribution in [0.1, 0.15) is 5.56 Å². The Labute approximate surface area is 182 Å². The van der Waals surface area contributed by atoms with Gasteiger partial charge in [0, 0.05) is 28.2 Å². The van der Waals surface area contributed by atoms with E-state index < -0.39 is 10.0 Å². The number of amides is 1. The van der Waals surface area contributed by atoms with Crippen molar-refractivity contribution in [3.8, 4) is 5.69 Å².